The molecule has 0 spiro atoms. The number of nitrogens with zero attached hydrogens (tertiary/aromatic N) is 4. The second-order valence-corrected chi connectivity index (χ2v) is 10.4. The number of ether oxygens (including phenoxy) is 1. The fourth-order valence-electron chi connectivity index (χ4n) is 2.62. The molecule has 0 amide bonds. The monoisotopic (exact) mass is 608 g/mol. The SMILES string of the molecule is Nc1ncnc2c1ncn2[C@@H]1O[C@H](COP(=O)(O)OP(=O)(O)OP(=O)([O-])O)[C@@H](O)[C@H]1O.[Ru+]. The molecule has 181 valence electrons. The molecule has 0 aromatic carbocycles. The van der Waals surface area contributed by atoms with Crippen LogP contribution in [0.15, 0.2) is 12.7 Å². The van der Waals surface area contributed by atoms with E-state index in [4.69, 9.17) is 20.3 Å². The van der Waals surface area contributed by atoms with Crippen LogP contribution in [0.25, 0.3) is 11.2 Å². The fraction of sp³-hybridized carbons (Fsp3) is 0.500. The number of aliphatic hydroxyl groups excluding tert-OH is 2. The third-order valence-electron chi connectivity index (χ3n) is 3.81. The van der Waals surface area contributed by atoms with Gasteiger partial charge in [0.1, 0.15) is 30.2 Å². The van der Waals surface area contributed by atoms with Gasteiger partial charge in [-0.15, -0.1) is 0 Å². The van der Waals surface area contributed by atoms with Gasteiger partial charge in [0.25, 0.3) is 7.82 Å². The van der Waals surface area contributed by atoms with Crippen LogP contribution in [-0.4, -0.2) is 69.3 Å². The average Bonchev–Trinajstić information content (AvgIpc) is 3.13. The molecule has 0 bridgehead atoms. The number of aliphatic hydroxyl groups is 2. The minimum Gasteiger partial charge on any atom is -0.756 e. The van der Waals surface area contributed by atoms with Gasteiger partial charge in [0.2, 0.25) is 0 Å². The summed E-state index contributed by atoms with van der Waals surface area (Å²) in [5, 5.41) is 20.4. The van der Waals surface area contributed by atoms with Crippen molar-refractivity contribution in [3.63, 3.8) is 0 Å². The minimum absolute atomic E-state index is 0. The predicted octanol–water partition coefficient (Wildman–Crippen LogP) is -2.26. The summed E-state index contributed by atoms with van der Waals surface area (Å²) < 4.78 is 51.5. The van der Waals surface area contributed by atoms with Crippen LogP contribution in [0.3, 0.4) is 0 Å². The third kappa shape index (κ3) is 6.44. The molecule has 22 heteroatoms. The van der Waals surface area contributed by atoms with Crippen molar-refractivity contribution in [3.8, 4) is 0 Å². The molecule has 7 atom stereocenters. The smallest absolute Gasteiger partial charge is 0.756 e. The van der Waals surface area contributed by atoms with Crippen LogP contribution in [0, 0.1) is 0 Å². The van der Waals surface area contributed by atoms with E-state index in [1.807, 2.05) is 0 Å². The van der Waals surface area contributed by atoms with Crippen molar-refractivity contribution in [2.75, 3.05) is 12.3 Å². The Morgan fingerprint density at radius 2 is 1.75 bits per heavy atom. The summed E-state index contributed by atoms with van der Waals surface area (Å²) in [7, 11) is -17.0. The van der Waals surface area contributed by atoms with E-state index in [0.717, 1.165) is 6.33 Å². The van der Waals surface area contributed by atoms with Gasteiger partial charge in [-0.3, -0.25) is 13.7 Å². The number of aromatic nitrogens is 4. The second-order valence-electron chi connectivity index (χ2n) is 5.99. The zero-order valence-electron chi connectivity index (χ0n) is 15.2. The molecule has 7 N–H and O–H groups in total. The standard InChI is InChI=1S/C10H16N5O13P3.Ru/c11-8-5-9(13-2-12-8)15(3-14-5)10-7(17)6(16)4(26-10)1-25-30(21,22)28-31(23,24)27-29(18,19)20;/h2-4,6-7,10,16-17H,1H2,(H,21,22)(H,23,24)(H2,11,12,13)(H2,18,19,20);/q;+1/p-1/t4-,6-,7-,10-;/m1./s1. The van der Waals surface area contributed by atoms with E-state index >= 15 is 0 Å². The van der Waals surface area contributed by atoms with Crippen molar-refractivity contribution in [2.24, 2.45) is 0 Å². The van der Waals surface area contributed by atoms with Crippen LogP contribution in [0.1, 0.15) is 6.23 Å². The summed E-state index contributed by atoms with van der Waals surface area (Å²) in [5.41, 5.74) is 5.99. The number of anilines is 1. The third-order valence-corrected chi connectivity index (χ3v) is 7.59. The number of hydrogen-bond acceptors (Lipinski definition) is 14. The summed E-state index contributed by atoms with van der Waals surface area (Å²) in [6.45, 7) is -0.972. The number of rotatable bonds is 8. The molecular formula is C10H15N5O13P3Ru. The predicted molar refractivity (Wildman–Crippen MR) is 93.3 cm³/mol. The van der Waals surface area contributed by atoms with Crippen molar-refractivity contribution in [3.05, 3.63) is 12.7 Å². The van der Waals surface area contributed by atoms with Crippen molar-refractivity contribution in [2.45, 2.75) is 24.5 Å². The second kappa shape index (κ2) is 9.86. The number of fused-ring (bicyclic) bond motifs is 1. The van der Waals surface area contributed by atoms with Crippen LogP contribution < -0.4 is 10.6 Å². The van der Waals surface area contributed by atoms with Gasteiger partial charge in [0, 0.05) is 0 Å². The normalized spacial score (nSPS) is 29.1. The molecular weight excluding hydrogens is 592 g/mol. The molecule has 2 aromatic rings. The number of nitrogen functional groups attached to an aromatic ring is 1. The Morgan fingerprint density at radius 3 is 2.38 bits per heavy atom. The van der Waals surface area contributed by atoms with Crippen LogP contribution in [0.4, 0.5) is 5.82 Å². The molecule has 1 fully saturated rings. The van der Waals surface area contributed by atoms with Crippen molar-refractivity contribution in [1.29, 1.82) is 0 Å². The first-order valence-electron chi connectivity index (χ1n) is 7.90. The Kier molecular flexibility index (Phi) is 8.48. The Labute approximate surface area is 190 Å². The summed E-state index contributed by atoms with van der Waals surface area (Å²) in [6, 6.07) is 0. The Balaban J connectivity index is 0.00000363. The largest absolute Gasteiger partial charge is 1.00 e. The van der Waals surface area contributed by atoms with Crippen LogP contribution in [0.5, 0.6) is 0 Å². The Bertz CT molecular complexity index is 1110. The van der Waals surface area contributed by atoms with E-state index in [-0.39, 0.29) is 36.5 Å². The zero-order valence-corrected chi connectivity index (χ0v) is 19.7. The summed E-state index contributed by atoms with van der Waals surface area (Å²) in [6.07, 6.45) is -3.74. The molecule has 0 saturated carbocycles. The van der Waals surface area contributed by atoms with Gasteiger partial charge < -0.3 is 40.3 Å². The topological polar surface area (TPSA) is 282 Å². The first kappa shape index (κ1) is 27.5. The maximum Gasteiger partial charge on any atom is 1.00 e. The maximum absolute atomic E-state index is 11.8. The van der Waals surface area contributed by atoms with E-state index in [9.17, 15) is 33.7 Å². The Hall–Kier alpha value is -0.737. The van der Waals surface area contributed by atoms with Gasteiger partial charge >= 0.3 is 35.1 Å². The van der Waals surface area contributed by atoms with E-state index < -0.39 is 54.6 Å². The molecule has 1 aliphatic heterocycles. The molecule has 3 heterocycles. The zero-order chi connectivity index (χ0) is 23.2. The van der Waals surface area contributed by atoms with Crippen molar-refractivity contribution in [1.82, 2.24) is 19.5 Å². The van der Waals surface area contributed by atoms with E-state index in [0.29, 0.717) is 0 Å². The summed E-state index contributed by atoms with van der Waals surface area (Å²) in [5.74, 6) is 0.0381. The first-order valence-corrected chi connectivity index (χ1v) is 12.4. The number of hydrogen-bond donors (Lipinski definition) is 6. The van der Waals surface area contributed by atoms with Crippen molar-refractivity contribution >= 4 is 40.4 Å². The van der Waals surface area contributed by atoms with Gasteiger partial charge in [-0.2, -0.15) is 4.31 Å². The van der Waals surface area contributed by atoms with E-state index in [2.05, 4.69) is 28.1 Å². The van der Waals surface area contributed by atoms with Crippen molar-refractivity contribution < 1.29 is 80.8 Å². The van der Waals surface area contributed by atoms with Crippen LogP contribution in [-0.2, 0) is 51.1 Å². The minimum atomic E-state index is -5.79. The molecule has 3 unspecified atom stereocenters. The number of phosphoric ester groups is 1. The molecule has 2 aromatic heterocycles. The Morgan fingerprint density at radius 1 is 1.09 bits per heavy atom. The van der Waals surface area contributed by atoms with Gasteiger partial charge in [-0.05, 0) is 0 Å². The molecule has 3 rings (SSSR count). The summed E-state index contributed by atoms with van der Waals surface area (Å²) in [4.78, 5) is 49.0. The summed E-state index contributed by atoms with van der Waals surface area (Å²) >= 11 is 0. The average molecular weight is 607 g/mol. The molecule has 1 aliphatic rings. The van der Waals surface area contributed by atoms with Crippen LogP contribution in [0.2, 0.25) is 0 Å². The van der Waals surface area contributed by atoms with E-state index in [1.165, 1.54) is 10.9 Å². The van der Waals surface area contributed by atoms with Gasteiger partial charge in [0.05, 0.1) is 12.9 Å². The molecule has 1 saturated heterocycles. The molecule has 0 aliphatic carbocycles. The number of nitrogens with two attached hydrogens (primary N) is 1. The fourth-order valence-corrected chi connectivity index (χ4v) is 5.62. The molecule has 1 radical (unpaired) electrons. The van der Waals surface area contributed by atoms with E-state index in [1.54, 1.807) is 0 Å². The van der Waals surface area contributed by atoms with Crippen LogP contribution >= 0.6 is 23.5 Å². The quantitative estimate of drug-likeness (QED) is 0.136. The van der Waals surface area contributed by atoms with Gasteiger partial charge in [-0.1, -0.05) is 0 Å². The van der Waals surface area contributed by atoms with Gasteiger partial charge in [-0.25, -0.2) is 28.4 Å². The molecule has 18 nitrogen and oxygen atoms in total. The number of phosphoric acid groups is 3. The number of imidazole rings is 1. The van der Waals surface area contributed by atoms with Gasteiger partial charge in [0.15, 0.2) is 17.7 Å². The maximum atomic E-state index is 11.8. The first-order chi connectivity index (χ1) is 14.2. The molecule has 32 heavy (non-hydrogen) atoms.